The Kier molecular flexibility index (Phi) is 10.4. The van der Waals surface area contributed by atoms with Gasteiger partial charge in [-0.25, -0.2) is 0 Å². The van der Waals surface area contributed by atoms with E-state index >= 15 is 0 Å². The first-order valence-electron chi connectivity index (χ1n) is 7.50. The minimum Gasteiger partial charge on any atom is -0.457 e. The maximum atomic E-state index is 11.5. The predicted molar refractivity (Wildman–Crippen MR) is 83.1 cm³/mol. The molecule has 0 heterocycles. The molecule has 0 aromatic heterocycles. The molecule has 0 rings (SSSR count). The quantitative estimate of drug-likeness (QED) is 0.392. The van der Waals surface area contributed by atoms with E-state index in [0.717, 1.165) is 27.7 Å². The van der Waals surface area contributed by atoms with Gasteiger partial charge in [0.15, 0.2) is 24.4 Å². The number of rotatable bonds is 10. The lowest BCUT2D eigenvalue weighted by molar-refractivity contribution is -0.200. The first-order valence-corrected chi connectivity index (χ1v) is 7.50. The molecule has 0 amide bonds. The fourth-order valence-electron chi connectivity index (χ4n) is 2.13. The van der Waals surface area contributed by atoms with Crippen LogP contribution in [-0.4, -0.2) is 68.6 Å². The first kappa shape index (κ1) is 22.8. The van der Waals surface area contributed by atoms with Gasteiger partial charge >= 0.3 is 23.9 Å². The van der Waals surface area contributed by atoms with Crippen molar-refractivity contribution in [2.45, 2.75) is 52.1 Å². The van der Waals surface area contributed by atoms with Gasteiger partial charge in [-0.3, -0.25) is 19.2 Å². The summed E-state index contributed by atoms with van der Waals surface area (Å²) in [4.78, 5) is 45.6. The molecule has 0 saturated carbocycles. The summed E-state index contributed by atoms with van der Waals surface area (Å²) in [7, 11) is 1.34. The predicted octanol–water partition coefficient (Wildman–Crippen LogP) is -0.682. The van der Waals surface area contributed by atoms with Crippen LogP contribution in [0.25, 0.3) is 0 Å². The number of hydrogen-bond donors (Lipinski definition) is 1. The average molecular weight is 363 g/mol. The molecule has 0 aromatic rings. The van der Waals surface area contributed by atoms with E-state index < -0.39 is 48.3 Å². The topological polar surface area (TPSA) is 140 Å². The lowest BCUT2D eigenvalue weighted by Gasteiger charge is -2.34. The van der Waals surface area contributed by atoms with Crippen LogP contribution in [-0.2, 0) is 42.9 Å². The summed E-state index contributed by atoms with van der Waals surface area (Å²) in [5, 5.41) is 0. The Labute approximate surface area is 145 Å². The average Bonchev–Trinajstić information content (AvgIpc) is 2.47. The fraction of sp³-hybridized carbons (Fsp3) is 0.733. The van der Waals surface area contributed by atoms with Crippen molar-refractivity contribution in [3.63, 3.8) is 0 Å². The molecule has 0 fully saturated rings. The smallest absolute Gasteiger partial charge is 0.303 e. The number of nitrogens with two attached hydrogens (primary N) is 1. The van der Waals surface area contributed by atoms with E-state index in [0.29, 0.717) is 0 Å². The van der Waals surface area contributed by atoms with Crippen LogP contribution in [0.2, 0.25) is 0 Å². The number of ether oxygens (including phenoxy) is 5. The zero-order valence-electron chi connectivity index (χ0n) is 15.0. The van der Waals surface area contributed by atoms with E-state index in [1.807, 2.05) is 0 Å². The number of carbonyl (C=O) groups is 4. The fourth-order valence-corrected chi connectivity index (χ4v) is 2.13. The minimum absolute atomic E-state index is 0.160. The normalized spacial score (nSPS) is 15.3. The number of hydrogen-bond acceptors (Lipinski definition) is 10. The van der Waals surface area contributed by atoms with Gasteiger partial charge in [-0.05, 0) is 0 Å². The third-order valence-electron chi connectivity index (χ3n) is 2.86. The highest BCUT2D eigenvalue weighted by atomic mass is 16.6. The Morgan fingerprint density at radius 1 is 0.720 bits per heavy atom. The van der Waals surface area contributed by atoms with Crippen molar-refractivity contribution in [3.8, 4) is 0 Å². The third kappa shape index (κ3) is 9.01. The summed E-state index contributed by atoms with van der Waals surface area (Å²) in [6.07, 6.45) is -4.83. The van der Waals surface area contributed by atoms with Crippen molar-refractivity contribution >= 4 is 23.9 Å². The summed E-state index contributed by atoms with van der Waals surface area (Å²) < 4.78 is 25.4. The third-order valence-corrected chi connectivity index (χ3v) is 2.86. The van der Waals surface area contributed by atoms with Gasteiger partial charge in [0.25, 0.3) is 0 Å². The van der Waals surface area contributed by atoms with Crippen molar-refractivity contribution in [2.75, 3.05) is 20.3 Å². The Balaban J connectivity index is 5.84. The van der Waals surface area contributed by atoms with E-state index in [-0.39, 0.29) is 13.2 Å². The number of methoxy groups -OCH3 is 1. The summed E-state index contributed by atoms with van der Waals surface area (Å²) in [5.74, 6) is -2.80. The second-order valence-electron chi connectivity index (χ2n) is 5.13. The second kappa shape index (κ2) is 11.4. The van der Waals surface area contributed by atoms with Crippen LogP contribution in [0.4, 0.5) is 0 Å². The zero-order chi connectivity index (χ0) is 19.6. The maximum absolute atomic E-state index is 11.5. The summed E-state index contributed by atoms with van der Waals surface area (Å²) in [5.41, 5.74) is 5.59. The Morgan fingerprint density at radius 2 is 1.08 bits per heavy atom. The van der Waals surface area contributed by atoms with Crippen molar-refractivity contribution in [2.24, 2.45) is 5.73 Å². The van der Waals surface area contributed by atoms with Gasteiger partial charge in [0, 0.05) is 41.3 Å². The van der Waals surface area contributed by atoms with Gasteiger partial charge in [0.2, 0.25) is 0 Å². The highest BCUT2D eigenvalue weighted by Crippen LogP contribution is 2.19. The molecule has 0 aliphatic rings. The molecular weight excluding hydrogens is 338 g/mol. The van der Waals surface area contributed by atoms with E-state index in [1.165, 1.54) is 7.11 Å². The van der Waals surface area contributed by atoms with Crippen LogP contribution >= 0.6 is 0 Å². The Hall–Kier alpha value is -2.20. The summed E-state index contributed by atoms with van der Waals surface area (Å²) in [6.45, 7) is 4.16. The van der Waals surface area contributed by atoms with Gasteiger partial charge in [-0.1, -0.05) is 0 Å². The molecule has 0 bridgehead atoms. The molecule has 0 aliphatic heterocycles. The SMILES string of the molecule is COC[C@@H](OC(C)=O)[C@@H](OC(C)=O)[C@H](OC(C)=O)[C@@H](CN)OC(C)=O. The molecule has 0 aliphatic carbocycles. The molecule has 2 N–H and O–H groups in total. The first-order chi connectivity index (χ1) is 11.6. The number of esters is 4. The molecule has 0 unspecified atom stereocenters. The molecular formula is C15H25NO9. The van der Waals surface area contributed by atoms with Gasteiger partial charge < -0.3 is 29.4 Å². The molecule has 0 saturated heterocycles. The van der Waals surface area contributed by atoms with Crippen LogP contribution in [0.3, 0.4) is 0 Å². The monoisotopic (exact) mass is 363 g/mol. The molecule has 0 radical (unpaired) electrons. The minimum atomic E-state index is -1.30. The van der Waals surface area contributed by atoms with Gasteiger partial charge in [-0.15, -0.1) is 0 Å². The number of carbonyl (C=O) groups excluding carboxylic acids is 4. The van der Waals surface area contributed by atoms with Gasteiger partial charge in [0.1, 0.15) is 0 Å². The van der Waals surface area contributed by atoms with Crippen LogP contribution < -0.4 is 5.73 Å². The largest absolute Gasteiger partial charge is 0.457 e. The molecule has 10 heteroatoms. The van der Waals surface area contributed by atoms with Crippen molar-refractivity contribution < 1.29 is 42.9 Å². The van der Waals surface area contributed by atoms with Crippen LogP contribution in [0.15, 0.2) is 0 Å². The van der Waals surface area contributed by atoms with E-state index in [9.17, 15) is 19.2 Å². The molecule has 0 spiro atoms. The van der Waals surface area contributed by atoms with Crippen molar-refractivity contribution in [3.05, 3.63) is 0 Å². The van der Waals surface area contributed by atoms with E-state index in [1.54, 1.807) is 0 Å². The molecule has 25 heavy (non-hydrogen) atoms. The second-order valence-corrected chi connectivity index (χ2v) is 5.13. The van der Waals surface area contributed by atoms with Crippen LogP contribution in [0.1, 0.15) is 27.7 Å². The highest BCUT2D eigenvalue weighted by molar-refractivity contribution is 5.69. The van der Waals surface area contributed by atoms with Crippen LogP contribution in [0, 0.1) is 0 Å². The Morgan fingerprint density at radius 3 is 1.40 bits per heavy atom. The molecule has 144 valence electrons. The van der Waals surface area contributed by atoms with E-state index in [2.05, 4.69) is 0 Å². The standard InChI is InChI=1S/C15H25NO9/c1-8(17)22-12(6-16)14(24-10(3)19)15(25-11(4)20)13(7-21-5)23-9(2)18/h12-15H,6-7,16H2,1-5H3/t12-,13-,14-,15-/m1/s1. The molecule has 0 aromatic carbocycles. The zero-order valence-corrected chi connectivity index (χ0v) is 15.0. The lowest BCUT2D eigenvalue weighted by Crippen LogP contribution is -2.54. The van der Waals surface area contributed by atoms with Crippen molar-refractivity contribution in [1.29, 1.82) is 0 Å². The van der Waals surface area contributed by atoms with Crippen molar-refractivity contribution in [1.82, 2.24) is 0 Å². The lowest BCUT2D eigenvalue weighted by atomic mass is 10.0. The van der Waals surface area contributed by atoms with Crippen LogP contribution in [0.5, 0.6) is 0 Å². The molecule has 4 atom stereocenters. The summed E-state index contributed by atoms with van der Waals surface area (Å²) in [6, 6.07) is 0. The Bertz CT molecular complexity index is 480. The summed E-state index contributed by atoms with van der Waals surface area (Å²) >= 11 is 0. The van der Waals surface area contributed by atoms with Gasteiger partial charge in [0.05, 0.1) is 6.61 Å². The van der Waals surface area contributed by atoms with E-state index in [4.69, 9.17) is 29.4 Å². The highest BCUT2D eigenvalue weighted by Gasteiger charge is 2.42. The maximum Gasteiger partial charge on any atom is 0.303 e. The van der Waals surface area contributed by atoms with Gasteiger partial charge in [-0.2, -0.15) is 0 Å². The molecule has 10 nitrogen and oxygen atoms in total.